The minimum absolute atomic E-state index is 0.0820. The number of carbonyl (C=O) groups excluding carboxylic acids is 4. The minimum Gasteiger partial charge on any atom is -0.481 e. The van der Waals surface area contributed by atoms with Crippen LogP contribution in [0.2, 0.25) is 0 Å². The molecule has 0 radical (unpaired) electrons. The molecule has 1 aliphatic rings. The molecule has 10 nitrogen and oxygen atoms in total. The number of unbranched alkanes of at least 4 members (excludes halogenated alkanes) is 26. The van der Waals surface area contributed by atoms with Gasteiger partial charge in [-0.1, -0.05) is 214 Å². The highest BCUT2D eigenvalue weighted by atomic mass is 16.5. The Morgan fingerprint density at radius 1 is 0.657 bits per heavy atom. The third-order valence-corrected chi connectivity index (χ3v) is 14.6. The van der Waals surface area contributed by atoms with Crippen molar-refractivity contribution in [3.8, 4) is 0 Å². The van der Waals surface area contributed by atoms with Crippen LogP contribution >= 0.6 is 0 Å². The summed E-state index contributed by atoms with van der Waals surface area (Å²) in [6.45, 7) is 8.36. The summed E-state index contributed by atoms with van der Waals surface area (Å²) >= 11 is 0. The van der Waals surface area contributed by atoms with Gasteiger partial charge in [-0.15, -0.1) is 0 Å². The molecule has 1 fully saturated rings. The highest BCUT2D eigenvalue weighted by molar-refractivity contribution is 6.04. The van der Waals surface area contributed by atoms with E-state index in [0.717, 1.165) is 50.6 Å². The Balaban J connectivity index is 2.07. The van der Waals surface area contributed by atoms with Crippen molar-refractivity contribution < 1.29 is 33.8 Å². The lowest BCUT2D eigenvalue weighted by molar-refractivity contribution is -0.161. The molecule has 1 saturated heterocycles. The lowest BCUT2D eigenvalue weighted by atomic mass is 9.71. The highest BCUT2D eigenvalue weighted by Gasteiger charge is 2.46. The van der Waals surface area contributed by atoms with E-state index >= 15 is 0 Å². The van der Waals surface area contributed by atoms with Crippen molar-refractivity contribution in [1.82, 2.24) is 10.6 Å². The predicted molar refractivity (Wildman–Crippen MR) is 276 cm³/mol. The highest BCUT2D eigenvalue weighted by Crippen LogP contribution is 2.39. The number of carboxylic acid groups (broad SMARTS) is 1. The molecule has 6 atom stereocenters. The van der Waals surface area contributed by atoms with E-state index in [2.05, 4.69) is 31.4 Å². The van der Waals surface area contributed by atoms with E-state index in [1.807, 2.05) is 31.1 Å². The van der Waals surface area contributed by atoms with E-state index in [4.69, 9.17) is 4.74 Å². The summed E-state index contributed by atoms with van der Waals surface area (Å²) in [5.41, 5.74) is 1.47. The molecule has 0 bridgehead atoms. The van der Waals surface area contributed by atoms with Gasteiger partial charge in [0.1, 0.15) is 6.61 Å². The molecular weight excluding hydrogens is 839 g/mol. The van der Waals surface area contributed by atoms with Crippen LogP contribution in [-0.2, 0) is 23.9 Å². The number of anilines is 1. The second-order valence-electron chi connectivity index (χ2n) is 20.7. The molecular formula is C57H99N3O7. The van der Waals surface area contributed by atoms with Crippen LogP contribution in [-0.4, -0.2) is 62.0 Å². The van der Waals surface area contributed by atoms with Crippen LogP contribution in [0.1, 0.15) is 244 Å². The Bertz CT molecular complexity index is 1480. The first-order valence-electron chi connectivity index (χ1n) is 27.7. The molecule has 1 aliphatic heterocycles. The second kappa shape index (κ2) is 37.5. The van der Waals surface area contributed by atoms with Crippen LogP contribution in [0, 0.1) is 35.5 Å². The molecule has 6 unspecified atom stereocenters. The molecule has 1 aromatic carbocycles. The summed E-state index contributed by atoms with van der Waals surface area (Å²) in [4.78, 5) is 68.3. The van der Waals surface area contributed by atoms with Gasteiger partial charge in [0.05, 0.1) is 18.4 Å². The Morgan fingerprint density at radius 2 is 1.09 bits per heavy atom. The molecule has 384 valence electrons. The molecule has 1 heterocycles. The number of carbonyl (C=O) groups is 5. The number of esters is 1. The maximum Gasteiger partial charge on any atom is 0.309 e. The van der Waals surface area contributed by atoms with Crippen molar-refractivity contribution in [1.29, 1.82) is 0 Å². The molecule has 3 N–H and O–H groups in total. The molecule has 0 aromatic heterocycles. The number of ether oxygens (including phenoxy) is 1. The van der Waals surface area contributed by atoms with Gasteiger partial charge in [-0.25, -0.2) is 0 Å². The standard InChI is InChI=1S/C57H99N3O7/c1-7-9-11-13-15-17-19-21-23-25-27-29-31-33-35-45(3)43-51(57(66)67-42-41-58-54(62)47-37-39-49(40-38-47)60(5)6)52(56(64)65)48(44-50-46(4)53(61)59-55(50)63)36-34-32-30-28-26-24-22-20-18-16-14-12-10-8-2/h37-40,45-46,48,50-52H,7-36,41-44H2,1-6H3,(H,58,62)(H,64,65)(H,59,61,63). The predicted octanol–water partition coefficient (Wildman–Crippen LogP) is 14.0. The number of hydrogen-bond donors (Lipinski definition) is 3. The zero-order valence-corrected chi connectivity index (χ0v) is 43.7. The second-order valence-corrected chi connectivity index (χ2v) is 20.7. The fourth-order valence-electron chi connectivity index (χ4n) is 10.2. The summed E-state index contributed by atoms with van der Waals surface area (Å²) in [6, 6.07) is 7.24. The van der Waals surface area contributed by atoms with Crippen LogP contribution in [0.25, 0.3) is 0 Å². The molecule has 0 spiro atoms. The summed E-state index contributed by atoms with van der Waals surface area (Å²) in [7, 11) is 3.87. The van der Waals surface area contributed by atoms with Crippen LogP contribution in [0.15, 0.2) is 24.3 Å². The topological polar surface area (TPSA) is 142 Å². The maximum absolute atomic E-state index is 14.2. The van der Waals surface area contributed by atoms with Crippen molar-refractivity contribution in [3.63, 3.8) is 0 Å². The van der Waals surface area contributed by atoms with Gasteiger partial charge in [0.15, 0.2) is 0 Å². The number of rotatable bonds is 43. The van der Waals surface area contributed by atoms with Gasteiger partial charge in [-0.2, -0.15) is 0 Å². The normalized spacial score (nSPS) is 16.6. The Hall–Kier alpha value is -3.43. The minimum atomic E-state index is -1.08. The molecule has 67 heavy (non-hydrogen) atoms. The molecule has 0 aliphatic carbocycles. The molecule has 10 heteroatoms. The molecule has 2 rings (SSSR count). The lowest BCUT2D eigenvalue weighted by Gasteiger charge is -2.33. The summed E-state index contributed by atoms with van der Waals surface area (Å²) in [6.07, 6.45) is 36.9. The van der Waals surface area contributed by atoms with Crippen LogP contribution in [0.4, 0.5) is 5.69 Å². The van der Waals surface area contributed by atoms with Gasteiger partial charge >= 0.3 is 11.9 Å². The van der Waals surface area contributed by atoms with Gasteiger partial charge in [0, 0.05) is 37.2 Å². The van der Waals surface area contributed by atoms with Crippen LogP contribution < -0.4 is 15.5 Å². The zero-order chi connectivity index (χ0) is 49.1. The van der Waals surface area contributed by atoms with E-state index < -0.39 is 41.5 Å². The van der Waals surface area contributed by atoms with Crippen LogP contribution in [0.3, 0.4) is 0 Å². The monoisotopic (exact) mass is 938 g/mol. The van der Waals surface area contributed by atoms with Crippen molar-refractivity contribution in [2.45, 2.75) is 233 Å². The first-order valence-corrected chi connectivity index (χ1v) is 27.7. The van der Waals surface area contributed by atoms with E-state index in [1.165, 1.54) is 141 Å². The largest absolute Gasteiger partial charge is 0.481 e. The van der Waals surface area contributed by atoms with Crippen molar-refractivity contribution in [3.05, 3.63) is 29.8 Å². The van der Waals surface area contributed by atoms with Gasteiger partial charge in [-0.3, -0.25) is 29.3 Å². The summed E-state index contributed by atoms with van der Waals surface area (Å²) in [5.74, 6) is -6.22. The number of amides is 3. The van der Waals surface area contributed by atoms with Crippen molar-refractivity contribution in [2.24, 2.45) is 35.5 Å². The SMILES string of the molecule is CCCCCCCCCCCCCCCCC(C)CC(C(=O)OCCNC(=O)c1ccc(N(C)C)cc1)C(C(=O)O)C(CCCCCCCCCCCCCCCC)CC1C(=O)NC(=O)C1C. The first kappa shape index (κ1) is 59.7. The fourth-order valence-corrected chi connectivity index (χ4v) is 10.2. The summed E-state index contributed by atoms with van der Waals surface area (Å²) in [5, 5.41) is 16.3. The Kier molecular flexibility index (Phi) is 33.4. The van der Waals surface area contributed by atoms with Gasteiger partial charge < -0.3 is 20.1 Å². The lowest BCUT2D eigenvalue weighted by Crippen LogP contribution is -2.40. The smallest absolute Gasteiger partial charge is 0.309 e. The van der Waals surface area contributed by atoms with Gasteiger partial charge in [0.25, 0.3) is 5.91 Å². The number of imide groups is 1. The number of carboxylic acids is 1. The number of aliphatic carboxylic acids is 1. The molecule has 0 saturated carbocycles. The van der Waals surface area contributed by atoms with E-state index in [0.29, 0.717) is 18.4 Å². The van der Waals surface area contributed by atoms with Gasteiger partial charge in [0.2, 0.25) is 11.8 Å². The number of hydrogen-bond acceptors (Lipinski definition) is 7. The van der Waals surface area contributed by atoms with Crippen molar-refractivity contribution in [2.75, 3.05) is 32.1 Å². The van der Waals surface area contributed by atoms with E-state index in [-0.39, 0.29) is 43.2 Å². The quantitative estimate of drug-likeness (QED) is 0.0334. The first-order chi connectivity index (χ1) is 32.4. The maximum atomic E-state index is 14.2. The zero-order valence-electron chi connectivity index (χ0n) is 43.7. The summed E-state index contributed by atoms with van der Waals surface area (Å²) < 4.78 is 5.85. The Morgan fingerprint density at radius 3 is 1.49 bits per heavy atom. The third-order valence-electron chi connectivity index (χ3n) is 14.6. The third kappa shape index (κ3) is 26.2. The average molecular weight is 938 g/mol. The number of benzene rings is 1. The molecule has 3 amide bonds. The average Bonchev–Trinajstić information content (AvgIpc) is 3.55. The van der Waals surface area contributed by atoms with Gasteiger partial charge in [-0.05, 0) is 55.4 Å². The van der Waals surface area contributed by atoms with Crippen molar-refractivity contribution >= 4 is 35.3 Å². The number of nitrogens with one attached hydrogen (secondary N) is 2. The number of nitrogens with zero attached hydrogens (tertiary/aromatic N) is 1. The van der Waals surface area contributed by atoms with Crippen LogP contribution in [0.5, 0.6) is 0 Å². The molecule has 1 aromatic rings. The van der Waals surface area contributed by atoms with E-state index in [1.54, 1.807) is 19.1 Å². The van der Waals surface area contributed by atoms with E-state index in [9.17, 15) is 29.1 Å². The fraction of sp³-hybridized carbons (Fsp3) is 0.807. The Labute approximate surface area is 409 Å².